The average Bonchev–Trinajstić information content (AvgIpc) is 2.39. The minimum atomic E-state index is -2.29. The lowest BCUT2D eigenvalue weighted by molar-refractivity contribution is -0.0333. The Balaban J connectivity index is 2.13. The van der Waals surface area contributed by atoms with E-state index in [0.717, 1.165) is 4.90 Å². The Bertz CT molecular complexity index is 639. The van der Waals surface area contributed by atoms with Crippen LogP contribution in [0.2, 0.25) is 0 Å². The van der Waals surface area contributed by atoms with Gasteiger partial charge in [0.05, 0.1) is 11.7 Å². The predicted octanol–water partition coefficient (Wildman–Crippen LogP) is 3.28. The molecule has 1 heterocycles. The zero-order valence-corrected chi connectivity index (χ0v) is 13.2. The lowest BCUT2D eigenvalue weighted by Gasteiger charge is -2.42. The second-order valence-electron chi connectivity index (χ2n) is 6.57. The van der Waals surface area contributed by atoms with Gasteiger partial charge in [-0.1, -0.05) is 0 Å². The summed E-state index contributed by atoms with van der Waals surface area (Å²) in [4.78, 5) is 12.9. The Morgan fingerprint density at radius 3 is 1.88 bits per heavy atom. The largest absolute Gasteiger partial charge is 0.444 e. The van der Waals surface area contributed by atoms with Gasteiger partial charge in [0.2, 0.25) is 5.82 Å². The third-order valence-corrected chi connectivity index (χ3v) is 3.55. The minimum Gasteiger partial charge on any atom is -0.444 e. The van der Waals surface area contributed by atoms with Crippen LogP contribution in [-0.2, 0) is 4.74 Å². The van der Waals surface area contributed by atoms with Crippen molar-refractivity contribution in [1.82, 2.24) is 4.90 Å². The van der Waals surface area contributed by atoms with E-state index < -0.39 is 58.4 Å². The molecule has 1 amide bonds. The molecular formula is C15H16F5NO3. The molecule has 1 atom stereocenters. The molecule has 134 valence electrons. The van der Waals surface area contributed by atoms with E-state index in [2.05, 4.69) is 0 Å². The molecule has 24 heavy (non-hydrogen) atoms. The summed E-state index contributed by atoms with van der Waals surface area (Å²) >= 11 is 0. The van der Waals surface area contributed by atoms with Crippen LogP contribution in [-0.4, -0.2) is 34.8 Å². The Morgan fingerprint density at radius 2 is 1.46 bits per heavy atom. The molecule has 9 heteroatoms. The summed E-state index contributed by atoms with van der Waals surface area (Å²) in [6.07, 6.45) is -2.63. The van der Waals surface area contributed by atoms with E-state index in [4.69, 9.17) is 4.74 Å². The van der Waals surface area contributed by atoms with Gasteiger partial charge in [0.25, 0.3) is 0 Å². The second kappa shape index (κ2) is 6.19. The van der Waals surface area contributed by atoms with Gasteiger partial charge in [0.15, 0.2) is 23.3 Å². The van der Waals surface area contributed by atoms with Crippen LogP contribution < -0.4 is 0 Å². The summed E-state index contributed by atoms with van der Waals surface area (Å²) in [6.45, 7) is 4.68. The number of ether oxygens (including phenoxy) is 1. The topological polar surface area (TPSA) is 49.8 Å². The van der Waals surface area contributed by atoms with E-state index in [1.807, 2.05) is 0 Å². The molecule has 0 radical (unpaired) electrons. The normalized spacial score (nSPS) is 16.8. The Labute approximate surface area is 134 Å². The highest BCUT2D eigenvalue weighted by molar-refractivity contribution is 5.69. The van der Waals surface area contributed by atoms with E-state index in [-0.39, 0.29) is 13.1 Å². The van der Waals surface area contributed by atoms with Gasteiger partial charge < -0.3 is 14.7 Å². The van der Waals surface area contributed by atoms with E-state index in [0.29, 0.717) is 0 Å². The highest BCUT2D eigenvalue weighted by atomic mass is 19.2. The van der Waals surface area contributed by atoms with Crippen LogP contribution in [0.25, 0.3) is 0 Å². The summed E-state index contributed by atoms with van der Waals surface area (Å²) in [5.74, 6) is -11.5. The SMILES string of the molecule is CC(C)(C)OC(=O)N1CC(C(O)c2c(F)c(F)c(F)c(F)c2F)C1. The van der Waals surface area contributed by atoms with E-state index in [1.54, 1.807) is 20.8 Å². The van der Waals surface area contributed by atoms with Gasteiger partial charge in [-0.3, -0.25) is 0 Å². The number of rotatable bonds is 2. The molecule has 0 aromatic heterocycles. The maximum atomic E-state index is 13.7. The zero-order valence-electron chi connectivity index (χ0n) is 13.2. The van der Waals surface area contributed by atoms with E-state index in [9.17, 15) is 31.9 Å². The van der Waals surface area contributed by atoms with Crippen LogP contribution in [0, 0.1) is 35.0 Å². The molecule has 2 rings (SSSR count). The number of aliphatic hydroxyl groups is 1. The number of aliphatic hydroxyl groups excluding tert-OH is 1. The van der Waals surface area contributed by atoms with Crippen LogP contribution in [0.3, 0.4) is 0 Å². The molecule has 0 bridgehead atoms. The molecule has 1 aliphatic rings. The molecule has 4 nitrogen and oxygen atoms in total. The van der Waals surface area contributed by atoms with Gasteiger partial charge in [-0.05, 0) is 20.8 Å². The maximum Gasteiger partial charge on any atom is 0.410 e. The molecule has 1 fully saturated rings. The van der Waals surface area contributed by atoms with Crippen molar-refractivity contribution in [2.45, 2.75) is 32.5 Å². The fourth-order valence-electron chi connectivity index (χ4n) is 2.31. The molecule has 1 unspecified atom stereocenters. The van der Waals surface area contributed by atoms with Gasteiger partial charge in [-0.2, -0.15) is 0 Å². The quantitative estimate of drug-likeness (QED) is 0.504. The van der Waals surface area contributed by atoms with Crippen molar-refractivity contribution < 1.29 is 36.6 Å². The number of halogens is 5. The van der Waals surface area contributed by atoms with Gasteiger partial charge >= 0.3 is 6.09 Å². The third-order valence-electron chi connectivity index (χ3n) is 3.55. The van der Waals surface area contributed by atoms with Crippen LogP contribution in [0.4, 0.5) is 26.7 Å². The summed E-state index contributed by atoms with van der Waals surface area (Å²) in [6, 6.07) is 0. The average molecular weight is 353 g/mol. The lowest BCUT2D eigenvalue weighted by Crippen LogP contribution is -2.53. The smallest absolute Gasteiger partial charge is 0.410 e. The molecule has 1 aliphatic heterocycles. The first-order valence-corrected chi connectivity index (χ1v) is 7.11. The third kappa shape index (κ3) is 3.31. The van der Waals surface area contributed by atoms with Crippen LogP contribution in [0.1, 0.15) is 32.4 Å². The van der Waals surface area contributed by atoms with Crippen LogP contribution in [0.5, 0.6) is 0 Å². The molecule has 1 saturated heterocycles. The number of benzene rings is 1. The van der Waals surface area contributed by atoms with E-state index in [1.165, 1.54) is 0 Å². The highest BCUT2D eigenvalue weighted by Crippen LogP contribution is 2.35. The fourth-order valence-corrected chi connectivity index (χ4v) is 2.31. The first-order valence-electron chi connectivity index (χ1n) is 7.11. The summed E-state index contributed by atoms with van der Waals surface area (Å²) in [5, 5.41) is 9.96. The van der Waals surface area contributed by atoms with Crippen molar-refractivity contribution >= 4 is 6.09 Å². The zero-order chi connectivity index (χ0) is 18.4. The number of amides is 1. The number of carbonyl (C=O) groups is 1. The van der Waals surface area contributed by atoms with Crippen LogP contribution in [0.15, 0.2) is 0 Å². The van der Waals surface area contributed by atoms with Crippen LogP contribution >= 0.6 is 0 Å². The highest BCUT2D eigenvalue weighted by Gasteiger charge is 2.41. The Hall–Kier alpha value is -1.90. The molecule has 1 aromatic rings. The predicted molar refractivity (Wildman–Crippen MR) is 72.5 cm³/mol. The number of hydrogen-bond donors (Lipinski definition) is 1. The molecular weight excluding hydrogens is 337 g/mol. The van der Waals surface area contributed by atoms with Crippen molar-refractivity contribution in [2.24, 2.45) is 5.92 Å². The molecule has 1 N–H and O–H groups in total. The molecule has 0 spiro atoms. The van der Waals surface area contributed by atoms with Crippen molar-refractivity contribution in [3.8, 4) is 0 Å². The van der Waals surface area contributed by atoms with Crippen molar-refractivity contribution in [1.29, 1.82) is 0 Å². The minimum absolute atomic E-state index is 0.129. The van der Waals surface area contributed by atoms with Gasteiger partial charge in [-0.15, -0.1) is 0 Å². The first-order chi connectivity index (χ1) is 10.9. The summed E-state index contributed by atoms with van der Waals surface area (Å²) in [5.41, 5.74) is -2.04. The lowest BCUT2D eigenvalue weighted by atomic mass is 9.88. The standard InChI is InChI=1S/C15H16F5NO3/c1-15(2,3)24-14(23)21-4-6(5-21)13(22)7-8(16)10(18)12(20)11(19)9(7)17/h6,13,22H,4-5H2,1-3H3. The van der Waals surface area contributed by atoms with Crippen molar-refractivity contribution in [3.63, 3.8) is 0 Å². The molecule has 0 saturated carbocycles. The van der Waals surface area contributed by atoms with Gasteiger partial charge in [0, 0.05) is 19.0 Å². The summed E-state index contributed by atoms with van der Waals surface area (Å²) in [7, 11) is 0. The van der Waals surface area contributed by atoms with Gasteiger partial charge in [0.1, 0.15) is 5.60 Å². The Kier molecular flexibility index (Phi) is 4.76. The van der Waals surface area contributed by atoms with E-state index >= 15 is 0 Å². The number of hydrogen-bond acceptors (Lipinski definition) is 3. The van der Waals surface area contributed by atoms with Crippen molar-refractivity contribution in [2.75, 3.05) is 13.1 Å². The summed E-state index contributed by atoms with van der Waals surface area (Å²) < 4.78 is 71.8. The monoisotopic (exact) mass is 353 g/mol. The Morgan fingerprint density at radius 1 is 1.04 bits per heavy atom. The molecule has 0 aliphatic carbocycles. The maximum absolute atomic E-state index is 13.7. The first kappa shape index (κ1) is 18.4. The van der Waals surface area contributed by atoms with Crippen molar-refractivity contribution in [3.05, 3.63) is 34.6 Å². The van der Waals surface area contributed by atoms with Gasteiger partial charge in [-0.25, -0.2) is 26.7 Å². The number of carbonyl (C=O) groups excluding carboxylic acids is 1. The number of likely N-dealkylation sites (tertiary alicyclic amines) is 1. The molecule has 1 aromatic carbocycles. The fraction of sp³-hybridized carbons (Fsp3) is 0.533. The second-order valence-corrected chi connectivity index (χ2v) is 6.57. The number of nitrogens with zero attached hydrogens (tertiary/aromatic N) is 1.